The van der Waals surface area contributed by atoms with E-state index in [-0.39, 0.29) is 11.9 Å². The van der Waals surface area contributed by atoms with Gasteiger partial charge >= 0.3 is 0 Å². The predicted octanol–water partition coefficient (Wildman–Crippen LogP) is 4.02. The van der Waals surface area contributed by atoms with E-state index in [9.17, 15) is 4.79 Å². The summed E-state index contributed by atoms with van der Waals surface area (Å²) in [7, 11) is 0. The summed E-state index contributed by atoms with van der Waals surface area (Å²) in [6.07, 6.45) is 7.34. The topological polar surface area (TPSA) is 59.8 Å². The monoisotopic (exact) mass is 384 g/mol. The van der Waals surface area contributed by atoms with Crippen molar-refractivity contribution in [3.63, 3.8) is 0 Å². The first-order valence-corrected chi connectivity index (χ1v) is 11.1. The Bertz CT molecular complexity index is 828. The van der Waals surface area contributed by atoms with Crippen molar-refractivity contribution in [3.8, 4) is 0 Å². The van der Waals surface area contributed by atoms with Crippen LogP contribution in [0.5, 0.6) is 0 Å². The van der Waals surface area contributed by atoms with Crippen LogP contribution < -0.4 is 5.32 Å². The molecule has 0 spiro atoms. The van der Waals surface area contributed by atoms with Crippen LogP contribution in [-0.4, -0.2) is 26.4 Å². The molecule has 0 saturated heterocycles. The van der Waals surface area contributed by atoms with Crippen LogP contribution in [0.3, 0.4) is 0 Å². The zero-order chi connectivity index (χ0) is 18.8. The Hall–Kier alpha value is -1.82. The van der Waals surface area contributed by atoms with Crippen molar-refractivity contribution in [2.45, 2.75) is 76.0 Å². The molecule has 1 atom stereocenters. The summed E-state index contributed by atoms with van der Waals surface area (Å²) in [6.45, 7) is 5.03. The lowest BCUT2D eigenvalue weighted by Gasteiger charge is -2.20. The van der Waals surface area contributed by atoms with Gasteiger partial charge in [-0.3, -0.25) is 4.79 Å². The van der Waals surface area contributed by atoms with Gasteiger partial charge in [0.15, 0.2) is 5.16 Å². The smallest absolute Gasteiger partial charge is 0.230 e. The molecule has 1 saturated carbocycles. The Balaban J connectivity index is 1.34. The van der Waals surface area contributed by atoms with Crippen LogP contribution >= 0.6 is 11.8 Å². The van der Waals surface area contributed by atoms with E-state index in [1.54, 1.807) is 0 Å². The van der Waals surface area contributed by atoms with E-state index in [0.717, 1.165) is 23.9 Å². The van der Waals surface area contributed by atoms with Crippen molar-refractivity contribution >= 4 is 17.7 Å². The molecule has 1 aromatic carbocycles. The number of aromatic nitrogens is 3. The lowest BCUT2D eigenvalue weighted by molar-refractivity contribution is -0.119. The Morgan fingerprint density at radius 3 is 2.78 bits per heavy atom. The van der Waals surface area contributed by atoms with Gasteiger partial charge in [0, 0.05) is 12.5 Å². The largest absolute Gasteiger partial charge is 0.349 e. The second-order valence-electron chi connectivity index (χ2n) is 7.67. The summed E-state index contributed by atoms with van der Waals surface area (Å²) in [5.74, 6) is 2.08. The molecule has 0 aliphatic heterocycles. The van der Waals surface area contributed by atoms with Gasteiger partial charge in [-0.05, 0) is 69.1 Å². The maximum absolute atomic E-state index is 12.5. The minimum Gasteiger partial charge on any atom is -0.349 e. The predicted molar refractivity (Wildman–Crippen MR) is 108 cm³/mol. The zero-order valence-electron chi connectivity index (χ0n) is 16.2. The maximum atomic E-state index is 12.5. The van der Waals surface area contributed by atoms with Gasteiger partial charge in [-0.1, -0.05) is 30.0 Å². The van der Waals surface area contributed by atoms with Crippen LogP contribution in [0.1, 0.15) is 74.0 Å². The molecule has 27 heavy (non-hydrogen) atoms. The second-order valence-corrected chi connectivity index (χ2v) is 8.61. The van der Waals surface area contributed by atoms with Gasteiger partial charge in [0.05, 0.1) is 11.8 Å². The Morgan fingerprint density at radius 1 is 1.26 bits per heavy atom. The molecule has 0 radical (unpaired) electrons. The van der Waals surface area contributed by atoms with Gasteiger partial charge < -0.3 is 9.88 Å². The van der Waals surface area contributed by atoms with Crippen molar-refractivity contribution in [2.75, 3.05) is 5.75 Å². The van der Waals surface area contributed by atoms with Gasteiger partial charge in [-0.25, -0.2) is 0 Å². The summed E-state index contributed by atoms with van der Waals surface area (Å²) in [4.78, 5) is 12.5. The van der Waals surface area contributed by atoms with Crippen LogP contribution in [0.25, 0.3) is 0 Å². The number of thioether (sulfide) groups is 1. The van der Waals surface area contributed by atoms with Crippen LogP contribution in [0.4, 0.5) is 0 Å². The summed E-state index contributed by atoms with van der Waals surface area (Å²) >= 11 is 1.48. The quantitative estimate of drug-likeness (QED) is 0.733. The Kier molecular flexibility index (Phi) is 5.53. The number of fused-ring (bicyclic) bond motifs is 1. The fourth-order valence-electron chi connectivity index (χ4n) is 3.87. The molecule has 4 rings (SSSR count). The highest BCUT2D eigenvalue weighted by atomic mass is 32.2. The summed E-state index contributed by atoms with van der Waals surface area (Å²) < 4.78 is 2.16. The standard InChI is InChI=1S/C21H28N4OS/c1-3-25-20(16-9-10-16)23-24-21(25)27-13-19(26)22-14(2)17-11-8-15-6-4-5-7-18(15)12-17/h8,11-12,14,16H,3-7,9-10,13H2,1-2H3,(H,22,26)/t14-/m1/s1. The molecule has 2 aromatic rings. The number of carbonyl (C=O) groups excluding carboxylic acids is 1. The zero-order valence-corrected chi connectivity index (χ0v) is 17.0. The lowest BCUT2D eigenvalue weighted by atomic mass is 9.89. The first-order valence-electron chi connectivity index (χ1n) is 10.1. The fourth-order valence-corrected chi connectivity index (χ4v) is 4.69. The molecule has 1 fully saturated rings. The van der Waals surface area contributed by atoms with Crippen LogP contribution in [0.15, 0.2) is 23.4 Å². The molecule has 6 heteroatoms. The van der Waals surface area contributed by atoms with Crippen molar-refractivity contribution in [1.82, 2.24) is 20.1 Å². The summed E-state index contributed by atoms with van der Waals surface area (Å²) in [5.41, 5.74) is 4.13. The van der Waals surface area contributed by atoms with E-state index in [1.807, 2.05) is 0 Å². The van der Waals surface area contributed by atoms with Crippen LogP contribution in [0.2, 0.25) is 0 Å². The molecule has 1 N–H and O–H groups in total. The summed E-state index contributed by atoms with van der Waals surface area (Å²) in [6, 6.07) is 6.71. The van der Waals surface area contributed by atoms with E-state index in [4.69, 9.17) is 0 Å². The Labute approximate surface area is 165 Å². The first kappa shape index (κ1) is 18.5. The molecule has 1 aromatic heterocycles. The van der Waals surface area contributed by atoms with Gasteiger partial charge in [0.2, 0.25) is 5.91 Å². The first-order chi connectivity index (χ1) is 13.2. The van der Waals surface area contributed by atoms with Crippen molar-refractivity contribution in [3.05, 3.63) is 40.7 Å². The van der Waals surface area contributed by atoms with Gasteiger partial charge in [-0.15, -0.1) is 10.2 Å². The van der Waals surface area contributed by atoms with E-state index in [1.165, 1.54) is 60.6 Å². The molecule has 0 bridgehead atoms. The average Bonchev–Trinajstić information content (AvgIpc) is 3.45. The fraction of sp³-hybridized carbons (Fsp3) is 0.571. The SMILES string of the molecule is CCn1c(SCC(=O)N[C@H](C)c2ccc3c(c2)CCCC3)nnc1C1CC1. The molecular formula is C21H28N4OS. The average molecular weight is 385 g/mol. The van der Waals surface area contributed by atoms with Crippen molar-refractivity contribution in [2.24, 2.45) is 0 Å². The minimum absolute atomic E-state index is 0.0244. The Morgan fingerprint density at radius 2 is 2.04 bits per heavy atom. The highest BCUT2D eigenvalue weighted by Gasteiger charge is 2.30. The highest BCUT2D eigenvalue weighted by molar-refractivity contribution is 7.99. The number of aryl methyl sites for hydroxylation is 2. The van der Waals surface area contributed by atoms with E-state index < -0.39 is 0 Å². The second kappa shape index (κ2) is 8.05. The number of hydrogen-bond acceptors (Lipinski definition) is 4. The number of rotatable bonds is 7. The highest BCUT2D eigenvalue weighted by Crippen LogP contribution is 2.40. The van der Waals surface area contributed by atoms with Gasteiger partial charge in [0.1, 0.15) is 5.82 Å². The number of benzene rings is 1. The van der Waals surface area contributed by atoms with Gasteiger partial charge in [0.25, 0.3) is 0 Å². The van der Waals surface area contributed by atoms with Crippen molar-refractivity contribution in [1.29, 1.82) is 0 Å². The van der Waals surface area contributed by atoms with Crippen LogP contribution in [-0.2, 0) is 24.2 Å². The molecule has 1 heterocycles. The maximum Gasteiger partial charge on any atom is 0.230 e. The van der Waals surface area contributed by atoms with E-state index in [2.05, 4.69) is 52.1 Å². The number of amides is 1. The lowest BCUT2D eigenvalue weighted by Crippen LogP contribution is -2.28. The molecule has 1 amide bonds. The number of carbonyl (C=O) groups is 1. The molecule has 2 aliphatic rings. The van der Waals surface area contributed by atoms with E-state index in [0.29, 0.717) is 11.7 Å². The third kappa shape index (κ3) is 4.21. The summed E-state index contributed by atoms with van der Waals surface area (Å²) in [5, 5.41) is 12.6. The molecule has 2 aliphatic carbocycles. The number of nitrogens with zero attached hydrogens (tertiary/aromatic N) is 3. The normalized spacial score (nSPS) is 17.4. The molecule has 5 nitrogen and oxygen atoms in total. The minimum atomic E-state index is 0.0244. The third-order valence-electron chi connectivity index (χ3n) is 5.59. The number of nitrogens with one attached hydrogen (secondary N) is 1. The third-order valence-corrected chi connectivity index (χ3v) is 6.55. The van der Waals surface area contributed by atoms with Gasteiger partial charge in [-0.2, -0.15) is 0 Å². The van der Waals surface area contributed by atoms with Crippen LogP contribution in [0, 0.1) is 0 Å². The number of hydrogen-bond donors (Lipinski definition) is 1. The van der Waals surface area contributed by atoms with E-state index >= 15 is 0 Å². The molecule has 144 valence electrons. The molecular weight excluding hydrogens is 356 g/mol. The van der Waals surface area contributed by atoms with Crippen molar-refractivity contribution < 1.29 is 4.79 Å². The molecule has 0 unspecified atom stereocenters.